The van der Waals surface area contributed by atoms with Crippen molar-refractivity contribution in [3.05, 3.63) is 65.2 Å². The first-order chi connectivity index (χ1) is 14.5. The van der Waals surface area contributed by atoms with Crippen LogP contribution in [0, 0.1) is 6.92 Å². The van der Waals surface area contributed by atoms with Crippen LogP contribution in [-0.4, -0.2) is 55.2 Å². The van der Waals surface area contributed by atoms with Gasteiger partial charge in [0.15, 0.2) is 9.84 Å². The van der Waals surface area contributed by atoms with E-state index in [1.165, 1.54) is 5.56 Å². The zero-order valence-corrected chi connectivity index (χ0v) is 19.9. The third-order valence-electron chi connectivity index (χ3n) is 5.90. The predicted octanol–water partition coefficient (Wildman–Crippen LogP) is 3.72. The summed E-state index contributed by atoms with van der Waals surface area (Å²) in [6.45, 7) is 9.66. The molecule has 1 aliphatic rings. The Balaban J connectivity index is 1.68. The minimum atomic E-state index is -3.01. The van der Waals surface area contributed by atoms with E-state index < -0.39 is 15.9 Å². The normalized spacial score (nSPS) is 19.5. The fraction of sp³-hybridized carbons (Fsp3) is 0.520. The van der Waals surface area contributed by atoms with Crippen molar-refractivity contribution in [2.24, 2.45) is 0 Å². The molecule has 2 atom stereocenters. The number of benzene rings is 2. The Labute approximate surface area is 187 Å². The first kappa shape index (κ1) is 23.8. The smallest absolute Gasteiger partial charge is 0.151 e. The predicted molar refractivity (Wildman–Crippen MR) is 125 cm³/mol. The number of aliphatic hydroxyl groups excluding tert-OH is 1. The molecule has 0 radical (unpaired) electrons. The van der Waals surface area contributed by atoms with Crippen molar-refractivity contribution in [2.45, 2.75) is 58.2 Å². The van der Waals surface area contributed by atoms with Gasteiger partial charge in [0.1, 0.15) is 18.5 Å². The summed E-state index contributed by atoms with van der Waals surface area (Å²) in [7, 11) is -3.01. The third kappa shape index (κ3) is 6.79. The molecule has 0 amide bonds. The zero-order chi connectivity index (χ0) is 22.6. The van der Waals surface area contributed by atoms with E-state index >= 15 is 0 Å². The molecule has 0 bridgehead atoms. The molecule has 1 heterocycles. The Morgan fingerprint density at radius 2 is 1.81 bits per heavy atom. The second-order valence-corrected chi connectivity index (χ2v) is 11.9. The van der Waals surface area contributed by atoms with Crippen molar-refractivity contribution in [3.63, 3.8) is 0 Å². The molecular weight excluding hydrogens is 410 g/mol. The number of sulfone groups is 1. The Morgan fingerprint density at radius 3 is 2.39 bits per heavy atom. The fourth-order valence-electron chi connectivity index (χ4n) is 3.98. The minimum absolute atomic E-state index is 0.0830. The van der Waals surface area contributed by atoms with Crippen LogP contribution in [-0.2, 0) is 21.8 Å². The number of rotatable bonds is 8. The molecule has 0 spiro atoms. The molecule has 31 heavy (non-hydrogen) atoms. The first-order valence-electron chi connectivity index (χ1n) is 10.9. The summed E-state index contributed by atoms with van der Waals surface area (Å²) in [6, 6.07) is 16.1. The van der Waals surface area contributed by atoms with Crippen molar-refractivity contribution >= 4 is 9.84 Å². The highest BCUT2D eigenvalue weighted by atomic mass is 32.2. The number of aryl methyl sites for hydroxylation is 1. The van der Waals surface area contributed by atoms with Gasteiger partial charge in [-0.3, -0.25) is 4.90 Å². The average Bonchev–Trinajstić information content (AvgIpc) is 3.06. The molecule has 6 heteroatoms. The van der Waals surface area contributed by atoms with Crippen LogP contribution in [0.25, 0.3) is 0 Å². The molecule has 0 aliphatic carbocycles. The van der Waals surface area contributed by atoms with Gasteiger partial charge in [-0.2, -0.15) is 0 Å². The van der Waals surface area contributed by atoms with Crippen LogP contribution in [0.4, 0.5) is 0 Å². The second kappa shape index (κ2) is 9.72. The molecule has 5 nitrogen and oxygen atoms in total. The largest absolute Gasteiger partial charge is 0.491 e. The second-order valence-electron chi connectivity index (χ2n) is 9.66. The molecule has 1 saturated heterocycles. The highest BCUT2D eigenvalue weighted by molar-refractivity contribution is 7.91. The van der Waals surface area contributed by atoms with E-state index in [0.717, 1.165) is 16.9 Å². The lowest BCUT2D eigenvalue weighted by molar-refractivity contribution is 0.0523. The Morgan fingerprint density at radius 1 is 1.13 bits per heavy atom. The van der Waals surface area contributed by atoms with Gasteiger partial charge in [0.25, 0.3) is 0 Å². The van der Waals surface area contributed by atoms with E-state index in [4.69, 9.17) is 4.74 Å². The lowest BCUT2D eigenvalue weighted by Crippen LogP contribution is -2.42. The monoisotopic (exact) mass is 445 g/mol. The molecular formula is C25H35NO4S. The van der Waals surface area contributed by atoms with Gasteiger partial charge in [-0.25, -0.2) is 8.42 Å². The molecule has 0 saturated carbocycles. The van der Waals surface area contributed by atoms with E-state index in [1.54, 1.807) is 0 Å². The first-order valence-corrected chi connectivity index (χ1v) is 12.8. The van der Waals surface area contributed by atoms with E-state index in [-0.39, 0.29) is 29.6 Å². The summed E-state index contributed by atoms with van der Waals surface area (Å²) in [6.07, 6.45) is -0.106. The van der Waals surface area contributed by atoms with Crippen LogP contribution in [0.3, 0.4) is 0 Å². The van der Waals surface area contributed by atoms with Gasteiger partial charge in [-0.1, -0.05) is 63.2 Å². The maximum Gasteiger partial charge on any atom is 0.151 e. The van der Waals surface area contributed by atoms with Gasteiger partial charge in [0.05, 0.1) is 11.5 Å². The standard InChI is InChI=1S/C25H35NO4S/c1-19-7-5-6-8-24(19)30-17-23(27)16-26(22-13-14-31(28,29)18-22)15-20-9-11-21(12-10-20)25(2,3)4/h5-12,22-23,27H,13-18H2,1-4H3. The Hall–Kier alpha value is -1.89. The van der Waals surface area contributed by atoms with E-state index in [2.05, 4.69) is 49.9 Å². The number of nitrogens with zero attached hydrogens (tertiary/aromatic N) is 1. The van der Waals surface area contributed by atoms with Crippen molar-refractivity contribution < 1.29 is 18.3 Å². The van der Waals surface area contributed by atoms with Crippen molar-refractivity contribution in [2.75, 3.05) is 24.7 Å². The van der Waals surface area contributed by atoms with Crippen LogP contribution in [0.1, 0.15) is 43.9 Å². The number of hydrogen-bond donors (Lipinski definition) is 1. The van der Waals surface area contributed by atoms with E-state index in [0.29, 0.717) is 19.5 Å². The zero-order valence-electron chi connectivity index (χ0n) is 19.0. The van der Waals surface area contributed by atoms with Gasteiger partial charge in [-0.05, 0) is 41.5 Å². The highest BCUT2D eigenvalue weighted by Crippen LogP contribution is 2.25. The maximum atomic E-state index is 12.1. The molecule has 1 N–H and O–H groups in total. The maximum absolute atomic E-state index is 12.1. The summed E-state index contributed by atoms with van der Waals surface area (Å²) in [5.41, 5.74) is 3.48. The fourth-order valence-corrected chi connectivity index (χ4v) is 5.74. The quantitative estimate of drug-likeness (QED) is 0.671. The summed E-state index contributed by atoms with van der Waals surface area (Å²) in [4.78, 5) is 2.10. The van der Waals surface area contributed by atoms with Gasteiger partial charge in [-0.15, -0.1) is 0 Å². The number of hydrogen-bond acceptors (Lipinski definition) is 5. The van der Waals surface area contributed by atoms with E-state index in [1.807, 2.05) is 31.2 Å². The van der Waals surface area contributed by atoms with Crippen LogP contribution in [0.2, 0.25) is 0 Å². The highest BCUT2D eigenvalue weighted by Gasteiger charge is 2.33. The summed E-state index contributed by atoms with van der Waals surface area (Å²) < 4.78 is 30.0. The van der Waals surface area contributed by atoms with Gasteiger partial charge >= 0.3 is 0 Å². The molecule has 1 fully saturated rings. The molecule has 2 aromatic carbocycles. The van der Waals surface area contributed by atoms with E-state index in [9.17, 15) is 13.5 Å². The minimum Gasteiger partial charge on any atom is -0.491 e. The molecule has 3 rings (SSSR count). The van der Waals surface area contributed by atoms with Crippen molar-refractivity contribution in [1.29, 1.82) is 0 Å². The van der Waals surface area contributed by atoms with Gasteiger partial charge in [0, 0.05) is 19.1 Å². The SMILES string of the molecule is Cc1ccccc1OCC(O)CN(Cc1ccc(C(C)(C)C)cc1)C1CCS(=O)(=O)C1. The summed E-state index contributed by atoms with van der Waals surface area (Å²) >= 11 is 0. The Bertz CT molecular complexity index is 964. The number of ether oxygens (including phenoxy) is 1. The van der Waals surface area contributed by atoms with Gasteiger partial charge < -0.3 is 9.84 Å². The Kier molecular flexibility index (Phi) is 7.45. The molecule has 1 aliphatic heterocycles. The molecule has 2 unspecified atom stereocenters. The van der Waals surface area contributed by atoms with Crippen molar-refractivity contribution in [3.8, 4) is 5.75 Å². The van der Waals surface area contributed by atoms with Crippen LogP contribution >= 0.6 is 0 Å². The van der Waals surface area contributed by atoms with Crippen molar-refractivity contribution in [1.82, 2.24) is 4.90 Å². The van der Waals surface area contributed by atoms with Gasteiger partial charge in [0.2, 0.25) is 0 Å². The summed E-state index contributed by atoms with van der Waals surface area (Å²) in [5.74, 6) is 1.13. The average molecular weight is 446 g/mol. The van der Waals surface area contributed by atoms with Crippen LogP contribution < -0.4 is 4.74 Å². The molecule has 2 aromatic rings. The topological polar surface area (TPSA) is 66.8 Å². The molecule has 0 aromatic heterocycles. The number of aliphatic hydroxyl groups is 1. The number of para-hydroxylation sites is 1. The summed E-state index contributed by atoms with van der Waals surface area (Å²) in [5, 5.41) is 10.7. The lowest BCUT2D eigenvalue weighted by Gasteiger charge is -2.30. The van der Waals surface area contributed by atoms with Crippen LogP contribution in [0.5, 0.6) is 5.75 Å². The third-order valence-corrected chi connectivity index (χ3v) is 7.65. The van der Waals surface area contributed by atoms with Crippen LogP contribution in [0.15, 0.2) is 48.5 Å². The molecule has 170 valence electrons. The lowest BCUT2D eigenvalue weighted by atomic mass is 9.86.